The lowest BCUT2D eigenvalue weighted by Gasteiger charge is -2.12. The number of benzene rings is 3. The standard InChI is InChI=1S/C24H17Cl2NO4/c1-29-22-13-15(8-10-21(22)30-14-16-7-9-19(25)20(26)12-16)11-18-23(27-31-24(18)28)17-5-3-2-4-6-17/h2-13H,14H2,1H3/b18-11+. The van der Waals surface area contributed by atoms with E-state index in [0.29, 0.717) is 39.4 Å². The van der Waals surface area contributed by atoms with E-state index in [2.05, 4.69) is 5.16 Å². The average molecular weight is 454 g/mol. The van der Waals surface area contributed by atoms with Crippen molar-refractivity contribution < 1.29 is 19.1 Å². The highest BCUT2D eigenvalue weighted by molar-refractivity contribution is 6.42. The van der Waals surface area contributed by atoms with Gasteiger partial charge in [0.05, 0.1) is 22.7 Å². The molecule has 3 aromatic carbocycles. The van der Waals surface area contributed by atoms with Gasteiger partial charge in [-0.25, -0.2) is 4.79 Å². The highest BCUT2D eigenvalue weighted by Crippen LogP contribution is 2.31. The maximum absolute atomic E-state index is 12.2. The molecule has 5 nitrogen and oxygen atoms in total. The molecule has 0 fully saturated rings. The van der Waals surface area contributed by atoms with E-state index in [9.17, 15) is 4.79 Å². The van der Waals surface area contributed by atoms with Gasteiger partial charge in [-0.2, -0.15) is 0 Å². The molecule has 1 aliphatic heterocycles. The number of oxime groups is 1. The van der Waals surface area contributed by atoms with E-state index in [4.69, 9.17) is 37.5 Å². The molecule has 4 rings (SSSR count). The zero-order chi connectivity index (χ0) is 21.8. The Morgan fingerprint density at radius 2 is 1.77 bits per heavy atom. The van der Waals surface area contributed by atoms with Crippen LogP contribution in [0.2, 0.25) is 10.0 Å². The van der Waals surface area contributed by atoms with Gasteiger partial charge in [-0.05, 0) is 41.5 Å². The fourth-order valence-electron chi connectivity index (χ4n) is 3.06. The molecule has 0 saturated carbocycles. The van der Waals surface area contributed by atoms with E-state index in [-0.39, 0.29) is 0 Å². The molecule has 156 valence electrons. The molecule has 0 saturated heterocycles. The average Bonchev–Trinajstić information content (AvgIpc) is 3.15. The second kappa shape index (κ2) is 9.25. The number of carbonyl (C=O) groups excluding carboxylic acids is 1. The van der Waals surface area contributed by atoms with Crippen LogP contribution in [0.5, 0.6) is 11.5 Å². The summed E-state index contributed by atoms with van der Waals surface area (Å²) in [4.78, 5) is 17.1. The molecule has 0 unspecified atom stereocenters. The number of halogens is 2. The summed E-state index contributed by atoms with van der Waals surface area (Å²) in [6.45, 7) is 0.296. The first-order valence-electron chi connectivity index (χ1n) is 9.37. The van der Waals surface area contributed by atoms with Gasteiger partial charge in [-0.3, -0.25) is 0 Å². The number of ether oxygens (including phenoxy) is 2. The summed E-state index contributed by atoms with van der Waals surface area (Å²) in [7, 11) is 1.55. The van der Waals surface area contributed by atoms with Crippen LogP contribution in [0.4, 0.5) is 0 Å². The Bertz CT molecular complexity index is 1190. The minimum Gasteiger partial charge on any atom is -0.493 e. The zero-order valence-electron chi connectivity index (χ0n) is 16.5. The highest BCUT2D eigenvalue weighted by Gasteiger charge is 2.26. The Morgan fingerprint density at radius 3 is 2.52 bits per heavy atom. The van der Waals surface area contributed by atoms with Gasteiger partial charge in [-0.15, -0.1) is 0 Å². The van der Waals surface area contributed by atoms with Gasteiger partial charge in [0, 0.05) is 5.56 Å². The lowest BCUT2D eigenvalue weighted by Crippen LogP contribution is -2.06. The van der Waals surface area contributed by atoms with Gasteiger partial charge < -0.3 is 14.3 Å². The first-order valence-corrected chi connectivity index (χ1v) is 10.1. The fraction of sp³-hybridized carbons (Fsp3) is 0.0833. The summed E-state index contributed by atoms with van der Waals surface area (Å²) < 4.78 is 11.4. The first kappa shape index (κ1) is 21.0. The summed E-state index contributed by atoms with van der Waals surface area (Å²) >= 11 is 12.0. The molecule has 0 aliphatic carbocycles. The van der Waals surface area contributed by atoms with Gasteiger partial charge in [0.1, 0.15) is 12.3 Å². The predicted octanol–water partition coefficient (Wildman–Crippen LogP) is 5.93. The lowest BCUT2D eigenvalue weighted by atomic mass is 10.0. The highest BCUT2D eigenvalue weighted by atomic mass is 35.5. The lowest BCUT2D eigenvalue weighted by molar-refractivity contribution is -0.136. The Kier molecular flexibility index (Phi) is 6.26. The smallest absolute Gasteiger partial charge is 0.368 e. The fourth-order valence-corrected chi connectivity index (χ4v) is 3.38. The summed E-state index contributed by atoms with van der Waals surface area (Å²) in [6.07, 6.45) is 1.71. The zero-order valence-corrected chi connectivity index (χ0v) is 18.0. The van der Waals surface area contributed by atoms with Crippen LogP contribution >= 0.6 is 23.2 Å². The molecule has 0 N–H and O–H groups in total. The molecule has 0 radical (unpaired) electrons. The van der Waals surface area contributed by atoms with Crippen molar-refractivity contribution in [3.63, 3.8) is 0 Å². The number of hydrogen-bond acceptors (Lipinski definition) is 5. The van der Waals surface area contributed by atoms with Crippen LogP contribution in [0.3, 0.4) is 0 Å². The molecule has 0 aromatic heterocycles. The molecule has 0 atom stereocenters. The van der Waals surface area contributed by atoms with E-state index >= 15 is 0 Å². The van der Waals surface area contributed by atoms with E-state index in [1.165, 1.54) is 0 Å². The molecule has 1 heterocycles. The van der Waals surface area contributed by atoms with Crippen molar-refractivity contribution in [2.75, 3.05) is 7.11 Å². The third-order valence-corrected chi connectivity index (χ3v) is 5.36. The van der Waals surface area contributed by atoms with Crippen LogP contribution in [0.1, 0.15) is 16.7 Å². The topological polar surface area (TPSA) is 57.1 Å². The van der Waals surface area contributed by atoms with Crippen LogP contribution in [0, 0.1) is 0 Å². The predicted molar refractivity (Wildman–Crippen MR) is 121 cm³/mol. The van der Waals surface area contributed by atoms with Crippen molar-refractivity contribution in [3.8, 4) is 11.5 Å². The van der Waals surface area contributed by atoms with Crippen LogP contribution in [0.15, 0.2) is 77.5 Å². The molecule has 0 spiro atoms. The monoisotopic (exact) mass is 453 g/mol. The second-order valence-corrected chi connectivity index (χ2v) is 7.50. The second-order valence-electron chi connectivity index (χ2n) is 6.69. The number of hydrogen-bond donors (Lipinski definition) is 0. The third kappa shape index (κ3) is 4.74. The van der Waals surface area contributed by atoms with Crippen LogP contribution < -0.4 is 9.47 Å². The minimum atomic E-state index is -0.502. The third-order valence-electron chi connectivity index (χ3n) is 4.62. The molecule has 31 heavy (non-hydrogen) atoms. The Morgan fingerprint density at radius 1 is 0.968 bits per heavy atom. The first-order chi connectivity index (χ1) is 15.0. The van der Waals surface area contributed by atoms with Gasteiger partial charge in [-0.1, -0.05) is 70.8 Å². The van der Waals surface area contributed by atoms with Gasteiger partial charge >= 0.3 is 5.97 Å². The normalized spacial score (nSPS) is 14.4. The summed E-state index contributed by atoms with van der Waals surface area (Å²) in [5.41, 5.74) is 3.28. The van der Waals surface area contributed by atoms with E-state index in [0.717, 1.165) is 16.7 Å². The van der Waals surface area contributed by atoms with Crippen molar-refractivity contribution in [2.45, 2.75) is 6.61 Å². The van der Waals surface area contributed by atoms with E-state index in [1.54, 1.807) is 37.5 Å². The minimum absolute atomic E-state index is 0.296. The van der Waals surface area contributed by atoms with Crippen LogP contribution in [-0.2, 0) is 16.2 Å². The van der Waals surface area contributed by atoms with Crippen molar-refractivity contribution in [1.82, 2.24) is 0 Å². The van der Waals surface area contributed by atoms with Crippen molar-refractivity contribution in [2.24, 2.45) is 5.16 Å². The number of rotatable bonds is 6. The van der Waals surface area contributed by atoms with Crippen molar-refractivity contribution in [3.05, 3.63) is 99.0 Å². The largest absolute Gasteiger partial charge is 0.493 e. The Labute approximate surface area is 189 Å². The number of nitrogens with zero attached hydrogens (tertiary/aromatic N) is 1. The van der Waals surface area contributed by atoms with Gasteiger partial charge in [0.25, 0.3) is 0 Å². The summed E-state index contributed by atoms with van der Waals surface area (Å²) in [5, 5.41) is 4.88. The molecular formula is C24H17Cl2NO4. The quantitative estimate of drug-likeness (QED) is 0.343. The van der Waals surface area contributed by atoms with Crippen LogP contribution in [-0.4, -0.2) is 18.8 Å². The molecule has 0 amide bonds. The van der Waals surface area contributed by atoms with Crippen molar-refractivity contribution >= 4 is 41.0 Å². The maximum Gasteiger partial charge on any atom is 0.368 e. The molecule has 7 heteroatoms. The van der Waals surface area contributed by atoms with Crippen molar-refractivity contribution in [1.29, 1.82) is 0 Å². The molecule has 0 bridgehead atoms. The summed E-state index contributed by atoms with van der Waals surface area (Å²) in [6, 6.07) is 20.1. The Balaban J connectivity index is 1.56. The van der Waals surface area contributed by atoms with Crippen LogP contribution in [0.25, 0.3) is 6.08 Å². The summed E-state index contributed by atoms with van der Waals surface area (Å²) in [5.74, 6) is 0.582. The van der Waals surface area contributed by atoms with E-state index in [1.807, 2.05) is 42.5 Å². The van der Waals surface area contributed by atoms with Gasteiger partial charge in [0.15, 0.2) is 11.5 Å². The molecule has 1 aliphatic rings. The molecule has 3 aromatic rings. The van der Waals surface area contributed by atoms with Gasteiger partial charge in [0.2, 0.25) is 0 Å². The molecular weight excluding hydrogens is 437 g/mol. The van der Waals surface area contributed by atoms with E-state index < -0.39 is 5.97 Å². The number of carbonyl (C=O) groups is 1. The maximum atomic E-state index is 12.2. The number of methoxy groups -OCH3 is 1. The SMILES string of the molecule is COc1cc(/C=C2/C(=O)ON=C2c2ccccc2)ccc1OCc1ccc(Cl)c(Cl)c1. The Hall–Kier alpha value is -3.28.